The molecule has 1 heterocycles. The topological polar surface area (TPSA) is 34.0 Å². The van der Waals surface area contributed by atoms with Gasteiger partial charge in [0.25, 0.3) is 5.91 Å². The molecule has 0 aliphatic carbocycles. The molecule has 0 spiro atoms. The number of hydrogen-bond acceptors (Lipinski definition) is 1. The van der Waals surface area contributed by atoms with E-state index in [2.05, 4.69) is 5.32 Å². The van der Waals surface area contributed by atoms with E-state index in [1.807, 2.05) is 0 Å². The molecule has 1 aromatic carbocycles. The van der Waals surface area contributed by atoms with Crippen LogP contribution in [0.5, 0.6) is 0 Å². The maximum Gasteiger partial charge on any atom is 0.416 e. The molecule has 1 aromatic heterocycles. The van der Waals surface area contributed by atoms with Crippen LogP contribution in [0.4, 0.5) is 13.2 Å². The van der Waals surface area contributed by atoms with Crippen molar-refractivity contribution >= 4 is 16.8 Å². The fourth-order valence-corrected chi connectivity index (χ4v) is 1.88. The normalized spacial score (nSPS) is 11.8. The van der Waals surface area contributed by atoms with Crippen molar-refractivity contribution in [3.63, 3.8) is 0 Å². The van der Waals surface area contributed by atoms with Crippen LogP contribution in [0.1, 0.15) is 15.9 Å². The summed E-state index contributed by atoms with van der Waals surface area (Å²) in [5.41, 5.74) is 0.0639. The van der Waals surface area contributed by atoms with Crippen LogP contribution in [0, 0.1) is 0 Å². The number of amides is 1. The lowest BCUT2D eigenvalue weighted by atomic mass is 10.1. The Bertz CT molecular complexity index is 614. The number of nitrogens with zero attached hydrogens (tertiary/aromatic N) is 1. The molecule has 0 bridgehead atoms. The molecule has 0 saturated carbocycles. The van der Waals surface area contributed by atoms with Crippen LogP contribution in [0.3, 0.4) is 0 Å². The lowest BCUT2D eigenvalue weighted by Gasteiger charge is -2.07. The third-order valence-corrected chi connectivity index (χ3v) is 2.79. The van der Waals surface area contributed by atoms with E-state index in [-0.39, 0.29) is 5.56 Å². The highest BCUT2D eigenvalue weighted by atomic mass is 19.4. The van der Waals surface area contributed by atoms with Crippen molar-refractivity contribution in [3.05, 3.63) is 35.5 Å². The second-order valence-corrected chi connectivity index (χ2v) is 3.96. The zero-order valence-corrected chi connectivity index (χ0v) is 9.80. The first-order valence-corrected chi connectivity index (χ1v) is 5.23. The van der Waals surface area contributed by atoms with Crippen molar-refractivity contribution in [2.75, 3.05) is 7.05 Å². The number of carbonyl (C=O) groups excluding carboxylic acids is 1. The molecule has 1 amide bonds. The molecular formula is C12H11F3N2O. The number of halogens is 3. The summed E-state index contributed by atoms with van der Waals surface area (Å²) in [5, 5.41) is 2.71. The van der Waals surface area contributed by atoms with E-state index >= 15 is 0 Å². The summed E-state index contributed by atoms with van der Waals surface area (Å²) < 4.78 is 39.5. The van der Waals surface area contributed by atoms with Crippen molar-refractivity contribution in [2.24, 2.45) is 7.05 Å². The van der Waals surface area contributed by atoms with Gasteiger partial charge >= 0.3 is 6.18 Å². The van der Waals surface area contributed by atoms with Crippen LogP contribution < -0.4 is 5.32 Å². The van der Waals surface area contributed by atoms with Gasteiger partial charge in [0.05, 0.1) is 11.1 Å². The van der Waals surface area contributed by atoms with Gasteiger partial charge in [-0.3, -0.25) is 4.79 Å². The lowest BCUT2D eigenvalue weighted by Crippen LogP contribution is -2.17. The number of fused-ring (bicyclic) bond motifs is 1. The monoisotopic (exact) mass is 256 g/mol. The third-order valence-electron chi connectivity index (χ3n) is 2.79. The van der Waals surface area contributed by atoms with E-state index in [0.29, 0.717) is 10.9 Å². The lowest BCUT2D eigenvalue weighted by molar-refractivity contribution is -0.137. The minimum absolute atomic E-state index is 0.237. The van der Waals surface area contributed by atoms with Crippen molar-refractivity contribution in [1.29, 1.82) is 0 Å². The number of carbonyl (C=O) groups is 1. The van der Waals surface area contributed by atoms with Crippen LogP contribution in [0.2, 0.25) is 0 Å². The molecular weight excluding hydrogens is 245 g/mol. The predicted octanol–water partition coefficient (Wildman–Crippen LogP) is 2.56. The molecule has 18 heavy (non-hydrogen) atoms. The van der Waals surface area contributed by atoms with Gasteiger partial charge < -0.3 is 9.88 Å². The second-order valence-electron chi connectivity index (χ2n) is 3.96. The molecule has 2 aromatic rings. The number of benzene rings is 1. The molecule has 0 saturated heterocycles. The van der Waals surface area contributed by atoms with Crippen molar-refractivity contribution in [3.8, 4) is 0 Å². The zero-order chi connectivity index (χ0) is 13.5. The maximum absolute atomic E-state index is 12.6. The molecule has 0 radical (unpaired) electrons. The van der Waals surface area contributed by atoms with E-state index in [4.69, 9.17) is 0 Å². The number of rotatable bonds is 1. The van der Waals surface area contributed by atoms with Crippen molar-refractivity contribution in [1.82, 2.24) is 9.88 Å². The van der Waals surface area contributed by atoms with Gasteiger partial charge in [0.1, 0.15) is 0 Å². The quantitative estimate of drug-likeness (QED) is 0.836. The van der Waals surface area contributed by atoms with Crippen molar-refractivity contribution in [2.45, 2.75) is 6.18 Å². The Morgan fingerprint density at radius 1 is 1.33 bits per heavy atom. The van der Waals surface area contributed by atoms with Gasteiger partial charge in [0, 0.05) is 31.2 Å². The molecule has 0 aliphatic heterocycles. The van der Waals surface area contributed by atoms with Gasteiger partial charge in [0.15, 0.2) is 0 Å². The molecule has 1 N–H and O–H groups in total. The van der Waals surface area contributed by atoms with Crippen LogP contribution in [-0.2, 0) is 13.2 Å². The van der Waals surface area contributed by atoms with E-state index in [0.717, 1.165) is 12.1 Å². The van der Waals surface area contributed by atoms with Gasteiger partial charge in [-0.25, -0.2) is 0 Å². The predicted molar refractivity (Wildman–Crippen MR) is 61.3 cm³/mol. The number of aryl methyl sites for hydroxylation is 1. The van der Waals surface area contributed by atoms with Gasteiger partial charge in [-0.2, -0.15) is 13.2 Å². The maximum atomic E-state index is 12.6. The van der Waals surface area contributed by atoms with Gasteiger partial charge in [0.2, 0.25) is 0 Å². The van der Waals surface area contributed by atoms with Crippen molar-refractivity contribution < 1.29 is 18.0 Å². The highest BCUT2D eigenvalue weighted by Crippen LogP contribution is 2.32. The third kappa shape index (κ3) is 1.94. The average Bonchev–Trinajstić information content (AvgIpc) is 2.64. The summed E-state index contributed by atoms with van der Waals surface area (Å²) in [6, 6.07) is 3.38. The highest BCUT2D eigenvalue weighted by molar-refractivity contribution is 6.07. The summed E-state index contributed by atoms with van der Waals surface area (Å²) in [6.45, 7) is 0. The summed E-state index contributed by atoms with van der Waals surface area (Å²) in [6.07, 6.45) is -2.90. The summed E-state index contributed by atoms with van der Waals surface area (Å²) in [7, 11) is 3.12. The molecule has 0 aliphatic rings. The summed E-state index contributed by atoms with van der Waals surface area (Å²) >= 11 is 0. The smallest absolute Gasteiger partial charge is 0.355 e. The molecule has 0 atom stereocenters. The summed E-state index contributed by atoms with van der Waals surface area (Å²) in [4.78, 5) is 11.6. The molecule has 2 rings (SSSR count). The average molecular weight is 256 g/mol. The van der Waals surface area contributed by atoms with Crippen LogP contribution in [-0.4, -0.2) is 17.5 Å². The Hall–Kier alpha value is -1.98. The number of alkyl halides is 3. The molecule has 3 nitrogen and oxygen atoms in total. The van der Waals surface area contributed by atoms with Gasteiger partial charge in [-0.15, -0.1) is 0 Å². The van der Waals surface area contributed by atoms with E-state index in [9.17, 15) is 18.0 Å². The second kappa shape index (κ2) is 4.04. The number of hydrogen-bond donors (Lipinski definition) is 1. The zero-order valence-electron chi connectivity index (χ0n) is 9.80. The largest absolute Gasteiger partial charge is 0.416 e. The van der Waals surface area contributed by atoms with Crippen LogP contribution in [0.25, 0.3) is 10.9 Å². The first kappa shape index (κ1) is 12.5. The highest BCUT2D eigenvalue weighted by Gasteiger charge is 2.31. The fourth-order valence-electron chi connectivity index (χ4n) is 1.88. The Labute approximate surface area is 101 Å². The van der Waals surface area contributed by atoms with Crippen LogP contribution in [0.15, 0.2) is 24.4 Å². The molecule has 0 unspecified atom stereocenters. The minimum atomic E-state index is -4.41. The Balaban J connectivity index is 2.70. The molecule has 0 fully saturated rings. The Morgan fingerprint density at radius 3 is 2.56 bits per heavy atom. The number of nitrogens with one attached hydrogen (secondary N) is 1. The molecule has 6 heteroatoms. The first-order valence-electron chi connectivity index (χ1n) is 5.23. The van der Waals surface area contributed by atoms with E-state index in [1.165, 1.54) is 19.3 Å². The summed E-state index contributed by atoms with van der Waals surface area (Å²) in [5.74, 6) is -0.403. The van der Waals surface area contributed by atoms with E-state index < -0.39 is 17.6 Å². The van der Waals surface area contributed by atoms with Gasteiger partial charge in [-0.05, 0) is 18.2 Å². The molecule has 96 valence electrons. The SMILES string of the molecule is CNC(=O)c1cn(C)c2ccc(C(F)(F)F)cc12. The standard InChI is InChI=1S/C12H11F3N2O/c1-16-11(18)9-6-17(2)10-4-3-7(5-8(9)10)12(13,14)15/h3-6H,1-2H3,(H,16,18). The van der Waals surface area contributed by atoms with Crippen LogP contribution >= 0.6 is 0 Å². The minimum Gasteiger partial charge on any atom is -0.355 e. The van der Waals surface area contributed by atoms with E-state index in [1.54, 1.807) is 11.6 Å². The first-order chi connectivity index (χ1) is 8.34. The number of aromatic nitrogens is 1. The Kier molecular flexibility index (Phi) is 2.80. The Morgan fingerprint density at radius 2 is 2.00 bits per heavy atom. The van der Waals surface area contributed by atoms with Gasteiger partial charge in [-0.1, -0.05) is 0 Å². The fraction of sp³-hybridized carbons (Fsp3) is 0.250.